The lowest BCUT2D eigenvalue weighted by atomic mass is 9.81. The Morgan fingerprint density at radius 1 is 1.05 bits per heavy atom. The van der Waals surface area contributed by atoms with Crippen LogP contribution in [0.15, 0.2) is 71.8 Å². The van der Waals surface area contributed by atoms with Crippen LogP contribution >= 0.6 is 23.2 Å². The standard InChI is InChI=1S/C27H26Cl2FN3O3S/c1-33-13-12-22(17-2-4-19(30)5-3-17)18(15-33)16-36-20-6-8-21(9-7-20)37(34,35)32-25-11-10-23(28)26-24(29)14-31-27(25)26/h2-11,14,18,22,31-32H,12-13,15-16H2,1H3/t18-,22-/m0/s1. The zero-order valence-corrected chi connectivity index (χ0v) is 22.4. The van der Waals surface area contributed by atoms with Crippen molar-refractivity contribution in [3.05, 3.63) is 88.3 Å². The number of benzene rings is 3. The zero-order valence-electron chi connectivity index (χ0n) is 20.0. The molecule has 0 aliphatic carbocycles. The summed E-state index contributed by atoms with van der Waals surface area (Å²) in [4.78, 5) is 5.33. The van der Waals surface area contributed by atoms with E-state index in [4.69, 9.17) is 27.9 Å². The molecule has 0 bridgehead atoms. The largest absolute Gasteiger partial charge is 0.493 e. The first-order chi connectivity index (χ1) is 17.7. The van der Waals surface area contributed by atoms with E-state index in [9.17, 15) is 12.8 Å². The van der Waals surface area contributed by atoms with Crippen LogP contribution in [0.3, 0.4) is 0 Å². The van der Waals surface area contributed by atoms with Crippen molar-refractivity contribution in [2.45, 2.75) is 17.2 Å². The molecule has 5 rings (SSSR count). The summed E-state index contributed by atoms with van der Waals surface area (Å²) in [6.45, 7) is 2.29. The number of aromatic nitrogens is 1. The van der Waals surface area contributed by atoms with Gasteiger partial charge in [0.2, 0.25) is 0 Å². The first kappa shape index (κ1) is 25.9. The summed E-state index contributed by atoms with van der Waals surface area (Å²) in [5.41, 5.74) is 1.96. The Kier molecular flexibility index (Phi) is 7.36. The lowest BCUT2D eigenvalue weighted by molar-refractivity contribution is 0.129. The Hall–Kier alpha value is -2.78. The number of nitrogens with zero attached hydrogens (tertiary/aromatic N) is 1. The van der Waals surface area contributed by atoms with Gasteiger partial charge in [0.25, 0.3) is 10.0 Å². The van der Waals surface area contributed by atoms with Gasteiger partial charge in [-0.25, -0.2) is 12.8 Å². The molecule has 2 atom stereocenters. The van der Waals surface area contributed by atoms with E-state index in [0.29, 0.717) is 39.0 Å². The molecule has 3 aromatic carbocycles. The topological polar surface area (TPSA) is 74.4 Å². The summed E-state index contributed by atoms with van der Waals surface area (Å²) in [5, 5.41) is 1.39. The van der Waals surface area contributed by atoms with Gasteiger partial charge in [0, 0.05) is 24.0 Å². The van der Waals surface area contributed by atoms with Gasteiger partial charge in [0.1, 0.15) is 11.6 Å². The van der Waals surface area contributed by atoms with Crippen LogP contribution in [0.4, 0.5) is 10.1 Å². The summed E-state index contributed by atoms with van der Waals surface area (Å²) in [6.07, 6.45) is 2.52. The van der Waals surface area contributed by atoms with Gasteiger partial charge in [-0.1, -0.05) is 35.3 Å². The summed E-state index contributed by atoms with van der Waals surface area (Å²) in [5.74, 6) is 0.814. The van der Waals surface area contributed by atoms with Gasteiger partial charge in [-0.2, -0.15) is 0 Å². The smallest absolute Gasteiger partial charge is 0.261 e. The molecule has 2 N–H and O–H groups in total. The number of hydrogen-bond acceptors (Lipinski definition) is 4. The van der Waals surface area contributed by atoms with Gasteiger partial charge in [0.15, 0.2) is 0 Å². The van der Waals surface area contributed by atoms with Crippen molar-refractivity contribution >= 4 is 49.8 Å². The molecule has 0 amide bonds. The van der Waals surface area contributed by atoms with Crippen molar-refractivity contribution in [2.75, 3.05) is 31.5 Å². The second-order valence-corrected chi connectivity index (χ2v) is 11.8. The minimum Gasteiger partial charge on any atom is -0.493 e. The van der Waals surface area contributed by atoms with E-state index < -0.39 is 10.0 Å². The molecule has 0 radical (unpaired) electrons. The van der Waals surface area contributed by atoms with Gasteiger partial charge in [-0.3, -0.25) is 4.72 Å². The normalized spacial score (nSPS) is 18.7. The van der Waals surface area contributed by atoms with Crippen LogP contribution in [0, 0.1) is 11.7 Å². The summed E-state index contributed by atoms with van der Waals surface area (Å²) >= 11 is 12.4. The lowest BCUT2D eigenvalue weighted by Crippen LogP contribution is -2.39. The lowest BCUT2D eigenvalue weighted by Gasteiger charge is -2.37. The highest BCUT2D eigenvalue weighted by Gasteiger charge is 2.29. The van der Waals surface area contributed by atoms with Crippen LogP contribution < -0.4 is 9.46 Å². The van der Waals surface area contributed by atoms with Crippen LogP contribution in [0.25, 0.3) is 10.9 Å². The molecule has 1 aromatic heterocycles. The predicted octanol–water partition coefficient (Wildman–Crippen LogP) is 6.53. The van der Waals surface area contributed by atoms with Crippen LogP contribution in [0.5, 0.6) is 5.75 Å². The molecule has 0 saturated carbocycles. The van der Waals surface area contributed by atoms with Crippen molar-refractivity contribution in [1.82, 2.24) is 9.88 Å². The average molecular weight is 562 g/mol. The summed E-state index contributed by atoms with van der Waals surface area (Å²) in [7, 11) is -1.79. The Bertz CT molecular complexity index is 1510. The monoisotopic (exact) mass is 561 g/mol. The van der Waals surface area contributed by atoms with E-state index in [1.807, 2.05) is 12.1 Å². The third-order valence-corrected chi connectivity index (χ3v) is 8.81. The minimum absolute atomic E-state index is 0.0993. The molecule has 10 heteroatoms. The van der Waals surface area contributed by atoms with Crippen LogP contribution in [-0.2, 0) is 10.0 Å². The number of hydrogen-bond donors (Lipinski definition) is 2. The molecular weight excluding hydrogens is 536 g/mol. The fraction of sp³-hybridized carbons (Fsp3) is 0.259. The number of piperidine rings is 1. The predicted molar refractivity (Wildman–Crippen MR) is 146 cm³/mol. The molecule has 4 aromatic rings. The summed E-state index contributed by atoms with van der Waals surface area (Å²) < 4.78 is 48.2. The van der Waals surface area contributed by atoms with E-state index in [1.165, 1.54) is 24.3 Å². The molecule has 2 heterocycles. The highest BCUT2D eigenvalue weighted by Crippen LogP contribution is 2.36. The van der Waals surface area contributed by atoms with Crippen molar-refractivity contribution in [3.8, 4) is 5.75 Å². The Morgan fingerprint density at radius 2 is 1.78 bits per heavy atom. The Labute approximate surface area is 225 Å². The minimum atomic E-state index is -3.87. The zero-order chi connectivity index (χ0) is 26.2. The fourth-order valence-corrected chi connectivity index (χ4v) is 6.54. The van der Waals surface area contributed by atoms with Gasteiger partial charge in [0.05, 0.1) is 32.8 Å². The van der Waals surface area contributed by atoms with E-state index >= 15 is 0 Å². The molecular formula is C27H26Cl2FN3O3S. The Balaban J connectivity index is 1.28. The second kappa shape index (κ2) is 10.5. The molecule has 37 heavy (non-hydrogen) atoms. The number of likely N-dealkylation sites (tertiary alicyclic amines) is 1. The number of H-pyrrole nitrogens is 1. The van der Waals surface area contributed by atoms with Crippen LogP contribution in [0.1, 0.15) is 17.9 Å². The van der Waals surface area contributed by atoms with E-state index in [1.54, 1.807) is 30.5 Å². The number of halogens is 3. The maximum Gasteiger partial charge on any atom is 0.261 e. The first-order valence-electron chi connectivity index (χ1n) is 11.9. The van der Waals surface area contributed by atoms with Gasteiger partial charge < -0.3 is 14.6 Å². The SMILES string of the molecule is CN1CC[C@@H](c2ccc(F)cc2)[C@H](COc2ccc(S(=O)(=O)Nc3ccc(Cl)c4c(Cl)c[nH]c34)cc2)C1. The molecule has 1 saturated heterocycles. The van der Waals surface area contributed by atoms with E-state index in [0.717, 1.165) is 25.1 Å². The first-order valence-corrected chi connectivity index (χ1v) is 14.1. The van der Waals surface area contributed by atoms with Crippen molar-refractivity contribution in [3.63, 3.8) is 0 Å². The van der Waals surface area contributed by atoms with Crippen molar-refractivity contribution in [1.29, 1.82) is 0 Å². The van der Waals surface area contributed by atoms with Crippen molar-refractivity contribution in [2.24, 2.45) is 5.92 Å². The number of aromatic amines is 1. The number of rotatable bonds is 7. The van der Waals surface area contributed by atoms with Crippen LogP contribution in [0.2, 0.25) is 10.0 Å². The number of ether oxygens (including phenoxy) is 1. The Morgan fingerprint density at radius 3 is 2.51 bits per heavy atom. The van der Waals surface area contributed by atoms with Crippen molar-refractivity contribution < 1.29 is 17.5 Å². The van der Waals surface area contributed by atoms with Crippen LogP contribution in [-0.4, -0.2) is 45.0 Å². The molecule has 1 aliphatic rings. The highest BCUT2D eigenvalue weighted by atomic mass is 35.5. The number of anilines is 1. The number of nitrogens with one attached hydrogen (secondary N) is 2. The highest BCUT2D eigenvalue weighted by molar-refractivity contribution is 7.92. The quantitative estimate of drug-likeness (QED) is 0.269. The number of sulfonamides is 1. The molecule has 194 valence electrons. The molecule has 0 spiro atoms. The third-order valence-electron chi connectivity index (χ3n) is 6.81. The van der Waals surface area contributed by atoms with E-state index in [-0.39, 0.29) is 22.5 Å². The molecule has 6 nitrogen and oxygen atoms in total. The fourth-order valence-electron chi connectivity index (χ4n) is 4.91. The van der Waals surface area contributed by atoms with Gasteiger partial charge >= 0.3 is 0 Å². The third kappa shape index (κ3) is 5.57. The average Bonchev–Trinajstić information content (AvgIpc) is 3.28. The van der Waals surface area contributed by atoms with E-state index in [2.05, 4.69) is 21.7 Å². The number of fused-ring (bicyclic) bond motifs is 1. The second-order valence-electron chi connectivity index (χ2n) is 9.34. The maximum absolute atomic E-state index is 13.4. The van der Waals surface area contributed by atoms with Gasteiger partial charge in [-0.15, -0.1) is 0 Å². The maximum atomic E-state index is 13.4. The van der Waals surface area contributed by atoms with Gasteiger partial charge in [-0.05, 0) is 80.0 Å². The molecule has 0 unspecified atom stereocenters. The molecule has 1 aliphatic heterocycles. The molecule has 1 fully saturated rings. The summed E-state index contributed by atoms with van der Waals surface area (Å²) in [6, 6.07) is 16.2.